The number of aromatic amines is 1. The van der Waals surface area contributed by atoms with Crippen molar-refractivity contribution in [3.8, 4) is 0 Å². The highest BCUT2D eigenvalue weighted by Gasteiger charge is 2.39. The number of nitrogens with zero attached hydrogens (tertiary/aromatic N) is 4. The lowest BCUT2D eigenvalue weighted by molar-refractivity contribution is -0.193. The molecule has 57 heavy (non-hydrogen) atoms. The van der Waals surface area contributed by atoms with Crippen LogP contribution in [0, 0.1) is 11.6 Å². The van der Waals surface area contributed by atoms with Gasteiger partial charge in [0.25, 0.3) is 0 Å². The van der Waals surface area contributed by atoms with Crippen LogP contribution in [0.15, 0.2) is 78.4 Å². The van der Waals surface area contributed by atoms with Crippen LogP contribution in [0.3, 0.4) is 0 Å². The molecule has 0 saturated heterocycles. The molecule has 0 aliphatic heterocycles. The van der Waals surface area contributed by atoms with E-state index in [1.807, 2.05) is 34.9 Å². The second-order valence-corrected chi connectivity index (χ2v) is 10.7. The monoisotopic (exact) mass is 833 g/mol. The number of nitrogens with two attached hydrogens (primary N) is 1. The van der Waals surface area contributed by atoms with Crippen molar-refractivity contribution in [1.82, 2.24) is 24.8 Å². The summed E-state index contributed by atoms with van der Waals surface area (Å²) >= 11 is 0. The zero-order chi connectivity index (χ0) is 43.6. The number of aliphatic carboxylic acids is 3. The Bertz CT molecular complexity index is 1860. The quantitative estimate of drug-likeness (QED) is 0.0515. The van der Waals surface area contributed by atoms with E-state index in [0.717, 1.165) is 36.2 Å². The molecule has 1 amide bonds. The maximum atomic E-state index is 14.1. The summed E-state index contributed by atoms with van der Waals surface area (Å²) in [5.74, 6) is -10.7. The fourth-order valence-corrected chi connectivity index (χ4v) is 3.94. The molecule has 2 heterocycles. The number of aryl methyl sites for hydroxylation is 1. The normalized spacial score (nSPS) is 12.0. The fraction of sp³-hybridized carbons (Fsp3) is 0.281. The number of hydrogen-bond donors (Lipinski definition) is 6. The average Bonchev–Trinajstić information content (AvgIpc) is 3.79. The van der Waals surface area contributed by atoms with Gasteiger partial charge in [-0.05, 0) is 36.1 Å². The summed E-state index contributed by atoms with van der Waals surface area (Å²) in [7, 11) is 0. The number of amides is 1. The van der Waals surface area contributed by atoms with Gasteiger partial charge >= 0.3 is 36.4 Å². The molecule has 0 bridgehead atoms. The van der Waals surface area contributed by atoms with Crippen molar-refractivity contribution in [2.24, 2.45) is 10.7 Å². The Labute approximate surface area is 312 Å². The van der Waals surface area contributed by atoms with Gasteiger partial charge in [0.05, 0.1) is 12.2 Å². The number of carbonyl (C=O) groups is 4. The van der Waals surface area contributed by atoms with Gasteiger partial charge in [-0.1, -0.05) is 36.4 Å². The summed E-state index contributed by atoms with van der Waals surface area (Å²) in [6.45, 7) is 0.942. The van der Waals surface area contributed by atoms with Crippen molar-refractivity contribution in [2.75, 3.05) is 6.54 Å². The standard InChI is InChI=1S/C26H27F2N7O.3C2HF3O2/c27-22-9-8-19(13-23(22)28)21(25-31-11-12-35(25)16-18-5-2-1-3-6-18)14-24(36)34-26(29)32-10-4-7-20-15-30-17-33-20;3*3-2(4,5)1(6)7/h1-3,5-6,8-9,11-13,15,17,21H,4,7,10,14,16H2,(H,30,33)(H3,29,32,34,36);3*(H,6,7). The minimum absolute atomic E-state index is 0.00118. The molecule has 0 saturated carbocycles. The molecule has 312 valence electrons. The summed E-state index contributed by atoms with van der Waals surface area (Å²) in [6.07, 6.45) is -7.07. The minimum Gasteiger partial charge on any atom is -0.475 e. The Morgan fingerprint density at radius 2 is 1.39 bits per heavy atom. The number of halogens is 11. The molecule has 0 aliphatic carbocycles. The van der Waals surface area contributed by atoms with Crippen LogP contribution >= 0.6 is 0 Å². The molecule has 14 nitrogen and oxygen atoms in total. The highest BCUT2D eigenvalue weighted by Crippen LogP contribution is 2.29. The van der Waals surface area contributed by atoms with Crippen LogP contribution in [0.25, 0.3) is 0 Å². The topological polar surface area (TPSA) is 226 Å². The van der Waals surface area contributed by atoms with Crippen LogP contribution in [0.2, 0.25) is 0 Å². The summed E-state index contributed by atoms with van der Waals surface area (Å²) in [4.78, 5) is 55.2. The number of hydrogen-bond acceptors (Lipinski definition) is 7. The van der Waals surface area contributed by atoms with Crippen molar-refractivity contribution in [1.29, 1.82) is 0 Å². The number of guanidine groups is 1. The van der Waals surface area contributed by atoms with Gasteiger partial charge in [-0.3, -0.25) is 15.1 Å². The molecule has 7 N–H and O–H groups in total. The first kappa shape index (κ1) is 48.5. The smallest absolute Gasteiger partial charge is 0.475 e. The number of rotatable bonds is 10. The van der Waals surface area contributed by atoms with E-state index in [4.69, 9.17) is 35.4 Å². The number of aromatic nitrogens is 4. The van der Waals surface area contributed by atoms with Gasteiger partial charge in [-0.15, -0.1) is 0 Å². The van der Waals surface area contributed by atoms with E-state index < -0.39 is 59.9 Å². The van der Waals surface area contributed by atoms with E-state index in [1.165, 1.54) is 6.07 Å². The van der Waals surface area contributed by atoms with E-state index in [9.17, 15) is 53.1 Å². The van der Waals surface area contributed by atoms with Gasteiger partial charge in [0.1, 0.15) is 5.82 Å². The van der Waals surface area contributed by atoms with Crippen LogP contribution in [-0.2, 0) is 32.1 Å². The number of carbonyl (C=O) groups excluding carboxylic acids is 1. The van der Waals surface area contributed by atoms with Crippen molar-refractivity contribution >= 4 is 29.8 Å². The van der Waals surface area contributed by atoms with Crippen molar-refractivity contribution < 1.29 is 82.8 Å². The first-order valence-corrected chi connectivity index (χ1v) is 15.3. The molecule has 1 unspecified atom stereocenters. The van der Waals surface area contributed by atoms with E-state index in [1.54, 1.807) is 24.9 Å². The molecule has 0 spiro atoms. The number of aliphatic imine (C=N–C) groups is 1. The molecular weight excluding hydrogens is 803 g/mol. The first-order chi connectivity index (χ1) is 26.3. The van der Waals surface area contributed by atoms with Crippen LogP contribution in [0.4, 0.5) is 48.3 Å². The van der Waals surface area contributed by atoms with Gasteiger partial charge in [-0.2, -0.15) is 39.5 Å². The van der Waals surface area contributed by atoms with Crippen LogP contribution < -0.4 is 11.1 Å². The molecule has 1 atom stereocenters. The lowest BCUT2D eigenvalue weighted by Gasteiger charge is -2.19. The van der Waals surface area contributed by atoms with Crippen LogP contribution in [-0.4, -0.2) is 89.7 Å². The number of nitrogens with one attached hydrogen (secondary N) is 2. The second-order valence-electron chi connectivity index (χ2n) is 10.7. The summed E-state index contributed by atoms with van der Waals surface area (Å²) in [6, 6.07) is 13.4. The SMILES string of the molecule is NC(=NCCCc1cnc[nH]1)NC(=O)CC(c1ccc(F)c(F)c1)c1nccn1Cc1ccccc1.O=C(O)C(F)(F)F.O=C(O)C(F)(F)F.O=C(O)C(F)(F)F. The Morgan fingerprint density at radius 1 is 0.842 bits per heavy atom. The number of alkyl halides is 9. The molecule has 0 radical (unpaired) electrons. The Balaban J connectivity index is 0.000000632. The number of benzene rings is 2. The van der Waals surface area contributed by atoms with E-state index in [-0.39, 0.29) is 12.4 Å². The van der Waals surface area contributed by atoms with E-state index in [0.29, 0.717) is 24.5 Å². The number of carboxylic acid groups (broad SMARTS) is 3. The zero-order valence-corrected chi connectivity index (χ0v) is 28.5. The maximum Gasteiger partial charge on any atom is 0.490 e. The molecule has 25 heteroatoms. The van der Waals surface area contributed by atoms with Gasteiger partial charge < -0.3 is 30.6 Å². The Morgan fingerprint density at radius 3 is 1.86 bits per heavy atom. The van der Waals surface area contributed by atoms with E-state index >= 15 is 0 Å². The van der Waals surface area contributed by atoms with E-state index in [2.05, 4.69) is 25.3 Å². The third-order valence-corrected chi connectivity index (χ3v) is 6.43. The molecule has 0 aliphatic rings. The molecule has 2 aromatic heterocycles. The zero-order valence-electron chi connectivity index (χ0n) is 28.5. The third-order valence-electron chi connectivity index (χ3n) is 6.43. The second kappa shape index (κ2) is 22.1. The van der Waals surface area contributed by atoms with Gasteiger partial charge in [0, 0.05) is 43.8 Å². The summed E-state index contributed by atoms with van der Waals surface area (Å²) in [5.41, 5.74) is 8.37. The predicted molar refractivity (Wildman–Crippen MR) is 173 cm³/mol. The Hall–Kier alpha value is -6.56. The number of imidazole rings is 2. The predicted octanol–water partition coefficient (Wildman–Crippen LogP) is 5.42. The highest BCUT2D eigenvalue weighted by molar-refractivity contribution is 5.96. The highest BCUT2D eigenvalue weighted by atomic mass is 19.4. The molecular formula is C32H30F11N7O7. The van der Waals surface area contributed by atoms with Crippen molar-refractivity contribution in [3.63, 3.8) is 0 Å². The van der Waals surface area contributed by atoms with Crippen molar-refractivity contribution in [2.45, 2.75) is 50.3 Å². The molecule has 0 fully saturated rings. The average molecular weight is 834 g/mol. The van der Waals surface area contributed by atoms with Crippen LogP contribution in [0.5, 0.6) is 0 Å². The fourth-order valence-electron chi connectivity index (χ4n) is 3.94. The van der Waals surface area contributed by atoms with Gasteiger partial charge in [0.2, 0.25) is 5.91 Å². The van der Waals surface area contributed by atoms with Crippen molar-refractivity contribution in [3.05, 3.63) is 108 Å². The summed E-state index contributed by atoms with van der Waals surface area (Å²) in [5, 5.41) is 24.0. The molecule has 4 aromatic rings. The third kappa shape index (κ3) is 19.0. The van der Waals surface area contributed by atoms with Gasteiger partial charge in [-0.25, -0.2) is 33.1 Å². The minimum atomic E-state index is -5.08. The largest absolute Gasteiger partial charge is 0.490 e. The first-order valence-electron chi connectivity index (χ1n) is 15.3. The number of H-pyrrole nitrogens is 1. The lowest BCUT2D eigenvalue weighted by atomic mass is 9.94. The number of carboxylic acids is 3. The van der Waals surface area contributed by atoms with Crippen LogP contribution in [0.1, 0.15) is 41.4 Å². The lowest BCUT2D eigenvalue weighted by Crippen LogP contribution is -2.38. The molecule has 4 rings (SSSR count). The Kier molecular flexibility index (Phi) is 18.8. The maximum absolute atomic E-state index is 14.1. The van der Waals surface area contributed by atoms with Gasteiger partial charge in [0.15, 0.2) is 17.6 Å². The summed E-state index contributed by atoms with van der Waals surface area (Å²) < 4.78 is 125. The molecule has 2 aromatic carbocycles.